The van der Waals surface area contributed by atoms with Crippen molar-refractivity contribution in [2.75, 3.05) is 0 Å². The molecule has 2 nitrogen and oxygen atoms in total. The maximum absolute atomic E-state index is 10.7. The van der Waals surface area contributed by atoms with E-state index in [-0.39, 0.29) is 11.8 Å². The van der Waals surface area contributed by atoms with Crippen LogP contribution in [0.1, 0.15) is 46.5 Å². The second-order valence-corrected chi connectivity index (χ2v) is 4.02. The molecule has 0 aliphatic carbocycles. The Kier molecular flexibility index (Phi) is 7.17. The van der Waals surface area contributed by atoms with Gasteiger partial charge in [0.1, 0.15) is 0 Å². The van der Waals surface area contributed by atoms with E-state index in [1.807, 2.05) is 19.9 Å². The smallest absolute Gasteiger partial charge is 0.0450 e. The van der Waals surface area contributed by atoms with Crippen molar-refractivity contribution in [3.63, 3.8) is 0 Å². The van der Waals surface area contributed by atoms with Crippen molar-refractivity contribution in [1.29, 1.82) is 0 Å². The van der Waals surface area contributed by atoms with Crippen molar-refractivity contribution in [1.82, 2.24) is 0 Å². The van der Waals surface area contributed by atoms with Crippen LogP contribution in [0.15, 0.2) is 12.2 Å². The highest BCUT2D eigenvalue weighted by molar-refractivity contribution is 5.68. The summed E-state index contributed by atoms with van der Waals surface area (Å²) in [6.45, 7) is 5.98. The van der Waals surface area contributed by atoms with Gasteiger partial charge in [-0.2, -0.15) is 0 Å². The first kappa shape index (κ1) is 13.2. The van der Waals surface area contributed by atoms with Gasteiger partial charge in [-0.05, 0) is 18.8 Å². The van der Waals surface area contributed by atoms with Gasteiger partial charge in [0.25, 0.3) is 0 Å². The molecule has 0 aromatic heterocycles. The molecule has 0 aliphatic heterocycles. The van der Waals surface area contributed by atoms with Crippen molar-refractivity contribution in [3.8, 4) is 0 Å². The van der Waals surface area contributed by atoms with Crippen LogP contribution < -0.4 is 5.11 Å². The third-order valence-corrected chi connectivity index (χ3v) is 2.39. The summed E-state index contributed by atoms with van der Waals surface area (Å²) in [6.07, 6.45) is 8.04. The quantitative estimate of drug-likeness (QED) is 0.463. The van der Waals surface area contributed by atoms with E-state index in [0.717, 1.165) is 6.42 Å². The fourth-order valence-electron chi connectivity index (χ4n) is 1.32. The number of hydrogen-bond donors (Lipinski definition) is 0. The molecule has 14 heavy (non-hydrogen) atoms. The Bertz CT molecular complexity index is 183. The minimum atomic E-state index is -0.930. The number of rotatable bonds is 7. The Balaban J connectivity index is 3.82. The normalized spacial score (nSPS) is 13.7. The van der Waals surface area contributed by atoms with Crippen LogP contribution in [0.4, 0.5) is 0 Å². The summed E-state index contributed by atoms with van der Waals surface area (Å²) in [4.78, 5) is 10.7. The molecule has 0 aromatic carbocycles. The van der Waals surface area contributed by atoms with Crippen LogP contribution in [0.3, 0.4) is 0 Å². The van der Waals surface area contributed by atoms with Crippen molar-refractivity contribution < 1.29 is 9.90 Å². The van der Waals surface area contributed by atoms with Gasteiger partial charge < -0.3 is 9.90 Å². The Morgan fingerprint density at radius 3 is 2.43 bits per heavy atom. The largest absolute Gasteiger partial charge is 0.550 e. The van der Waals surface area contributed by atoms with Gasteiger partial charge in [0, 0.05) is 11.9 Å². The summed E-state index contributed by atoms with van der Waals surface area (Å²) >= 11 is 0. The van der Waals surface area contributed by atoms with Crippen LogP contribution >= 0.6 is 0 Å². The molecule has 82 valence electrons. The molecule has 0 heterocycles. The molecule has 0 saturated carbocycles. The van der Waals surface area contributed by atoms with Crippen molar-refractivity contribution in [3.05, 3.63) is 12.2 Å². The maximum Gasteiger partial charge on any atom is 0.0450 e. The standard InChI is InChI=1S/C12H22O2/c1-4-5-6-7-8-9-11(10(2)3)12(13)14/h7-8,10-11H,4-6,9H2,1-3H3,(H,13,14)/p-1/b8-7+. The number of carboxylic acid groups (broad SMARTS) is 1. The molecule has 0 aliphatic rings. The molecule has 0 N–H and O–H groups in total. The first-order chi connectivity index (χ1) is 6.59. The zero-order chi connectivity index (χ0) is 11.0. The highest BCUT2D eigenvalue weighted by Crippen LogP contribution is 2.15. The lowest BCUT2D eigenvalue weighted by molar-refractivity contribution is -0.312. The van der Waals surface area contributed by atoms with Crippen molar-refractivity contribution in [2.45, 2.75) is 46.5 Å². The second-order valence-electron chi connectivity index (χ2n) is 4.02. The Hall–Kier alpha value is -0.790. The van der Waals surface area contributed by atoms with E-state index >= 15 is 0 Å². The first-order valence-electron chi connectivity index (χ1n) is 5.45. The number of carboxylic acids is 1. The molecular weight excluding hydrogens is 176 g/mol. The molecule has 0 radical (unpaired) electrons. The summed E-state index contributed by atoms with van der Waals surface area (Å²) in [6, 6.07) is 0. The predicted molar refractivity (Wildman–Crippen MR) is 56.6 cm³/mol. The minimum absolute atomic E-state index is 0.149. The lowest BCUT2D eigenvalue weighted by atomic mass is 9.92. The van der Waals surface area contributed by atoms with E-state index in [1.165, 1.54) is 12.8 Å². The van der Waals surface area contributed by atoms with E-state index < -0.39 is 5.97 Å². The monoisotopic (exact) mass is 197 g/mol. The number of aliphatic carboxylic acids is 1. The number of carbonyl (C=O) groups is 1. The molecule has 2 heteroatoms. The summed E-state index contributed by atoms with van der Waals surface area (Å²) in [5.41, 5.74) is 0. The van der Waals surface area contributed by atoms with Gasteiger partial charge >= 0.3 is 0 Å². The summed E-state index contributed by atoms with van der Waals surface area (Å²) in [5, 5.41) is 10.7. The molecule has 1 unspecified atom stereocenters. The molecule has 0 fully saturated rings. The average Bonchev–Trinajstić information content (AvgIpc) is 2.09. The van der Waals surface area contributed by atoms with Gasteiger partial charge in [-0.25, -0.2) is 0 Å². The van der Waals surface area contributed by atoms with E-state index in [1.54, 1.807) is 0 Å². The van der Waals surface area contributed by atoms with Gasteiger partial charge in [-0.1, -0.05) is 45.8 Å². The molecule has 1 atom stereocenters. The van der Waals surface area contributed by atoms with Crippen LogP contribution in [0, 0.1) is 11.8 Å². The highest BCUT2D eigenvalue weighted by atomic mass is 16.4. The van der Waals surface area contributed by atoms with Crippen LogP contribution in [0.2, 0.25) is 0 Å². The van der Waals surface area contributed by atoms with Crippen LogP contribution in [0.5, 0.6) is 0 Å². The van der Waals surface area contributed by atoms with Gasteiger partial charge in [0.2, 0.25) is 0 Å². The molecule has 0 saturated heterocycles. The molecular formula is C12H21O2-. The van der Waals surface area contributed by atoms with E-state index in [4.69, 9.17) is 0 Å². The van der Waals surface area contributed by atoms with Crippen LogP contribution in [0.25, 0.3) is 0 Å². The van der Waals surface area contributed by atoms with Crippen molar-refractivity contribution >= 4 is 5.97 Å². The third-order valence-electron chi connectivity index (χ3n) is 2.39. The van der Waals surface area contributed by atoms with Gasteiger partial charge in [-0.3, -0.25) is 0 Å². The number of carbonyl (C=O) groups excluding carboxylic acids is 1. The maximum atomic E-state index is 10.7. The average molecular weight is 197 g/mol. The summed E-state index contributed by atoms with van der Waals surface area (Å²) < 4.78 is 0. The highest BCUT2D eigenvalue weighted by Gasteiger charge is 2.11. The zero-order valence-electron chi connectivity index (χ0n) is 9.45. The zero-order valence-corrected chi connectivity index (χ0v) is 9.45. The SMILES string of the molecule is CCCC/C=C/CC(C(=O)[O-])C(C)C. The Morgan fingerprint density at radius 2 is 2.00 bits per heavy atom. The van der Waals surface area contributed by atoms with Gasteiger partial charge in [0.05, 0.1) is 0 Å². The van der Waals surface area contributed by atoms with E-state index in [2.05, 4.69) is 13.0 Å². The number of allylic oxidation sites excluding steroid dienone is 2. The third kappa shape index (κ3) is 5.79. The lowest BCUT2D eigenvalue weighted by Gasteiger charge is -2.19. The molecule has 0 spiro atoms. The number of unbranched alkanes of at least 4 members (excludes halogenated alkanes) is 2. The molecule has 0 aromatic rings. The van der Waals surface area contributed by atoms with E-state index in [0.29, 0.717) is 6.42 Å². The molecule has 0 amide bonds. The van der Waals surface area contributed by atoms with Gasteiger partial charge in [-0.15, -0.1) is 0 Å². The summed E-state index contributed by atoms with van der Waals surface area (Å²) in [5.74, 6) is -1.12. The van der Waals surface area contributed by atoms with Crippen LogP contribution in [-0.2, 0) is 4.79 Å². The topological polar surface area (TPSA) is 40.1 Å². The Labute approximate surface area is 87.0 Å². The second kappa shape index (κ2) is 7.60. The summed E-state index contributed by atoms with van der Waals surface area (Å²) in [7, 11) is 0. The van der Waals surface area contributed by atoms with Crippen LogP contribution in [-0.4, -0.2) is 5.97 Å². The fraction of sp³-hybridized carbons (Fsp3) is 0.750. The molecule has 0 rings (SSSR count). The molecule has 0 bridgehead atoms. The Morgan fingerprint density at radius 1 is 1.36 bits per heavy atom. The van der Waals surface area contributed by atoms with Crippen molar-refractivity contribution in [2.24, 2.45) is 11.8 Å². The lowest BCUT2D eigenvalue weighted by Crippen LogP contribution is -2.34. The predicted octanol–water partition coefficient (Wildman–Crippen LogP) is 2.14. The van der Waals surface area contributed by atoms with E-state index in [9.17, 15) is 9.90 Å². The minimum Gasteiger partial charge on any atom is -0.550 e. The number of hydrogen-bond acceptors (Lipinski definition) is 2. The first-order valence-corrected chi connectivity index (χ1v) is 5.45. The fourth-order valence-corrected chi connectivity index (χ4v) is 1.32. The van der Waals surface area contributed by atoms with Gasteiger partial charge in [0.15, 0.2) is 0 Å².